The third-order valence-corrected chi connectivity index (χ3v) is 5.60. The Bertz CT molecular complexity index is 974. The molecule has 0 unspecified atom stereocenters. The van der Waals surface area contributed by atoms with Crippen molar-refractivity contribution in [3.8, 4) is 5.69 Å². The van der Waals surface area contributed by atoms with Gasteiger partial charge in [0, 0.05) is 16.3 Å². The Labute approximate surface area is 161 Å². The molecule has 0 radical (unpaired) electrons. The second-order valence-corrected chi connectivity index (χ2v) is 7.70. The molecule has 1 aliphatic carbocycles. The van der Waals surface area contributed by atoms with Gasteiger partial charge in [-0.25, -0.2) is 4.68 Å². The molecule has 1 saturated carbocycles. The lowest BCUT2D eigenvalue weighted by atomic mass is 9.77. The number of nitrogens with zero attached hydrogens (tertiary/aromatic N) is 4. The Morgan fingerprint density at radius 1 is 1.27 bits per heavy atom. The largest absolute Gasteiger partial charge is 0.339 e. The summed E-state index contributed by atoms with van der Waals surface area (Å²) in [4.78, 5) is 4.51. The molecule has 2 aromatic heterocycles. The molecule has 0 amide bonds. The number of rotatable bonds is 4. The van der Waals surface area contributed by atoms with Crippen molar-refractivity contribution in [3.63, 3.8) is 0 Å². The van der Waals surface area contributed by atoms with Gasteiger partial charge in [0.15, 0.2) is 5.82 Å². The fourth-order valence-electron chi connectivity index (χ4n) is 3.28. The molecule has 1 aromatic carbocycles. The summed E-state index contributed by atoms with van der Waals surface area (Å²) in [5.74, 6) is 1.15. The van der Waals surface area contributed by atoms with Crippen molar-refractivity contribution in [1.29, 1.82) is 0 Å². The van der Waals surface area contributed by atoms with E-state index in [1.807, 2.05) is 24.6 Å². The second-order valence-electron chi connectivity index (χ2n) is 6.86. The first kappa shape index (κ1) is 17.5. The Balaban J connectivity index is 1.65. The third kappa shape index (κ3) is 2.92. The van der Waals surface area contributed by atoms with E-state index >= 15 is 0 Å². The number of hydrogen-bond donors (Lipinski definition) is 1. The summed E-state index contributed by atoms with van der Waals surface area (Å²) in [5, 5.41) is 9.84. The summed E-state index contributed by atoms with van der Waals surface area (Å²) >= 11 is 12.3. The van der Waals surface area contributed by atoms with Gasteiger partial charge < -0.3 is 10.3 Å². The molecule has 0 atom stereocenters. The van der Waals surface area contributed by atoms with Crippen molar-refractivity contribution >= 4 is 23.2 Å². The van der Waals surface area contributed by atoms with Crippen molar-refractivity contribution in [2.45, 2.75) is 45.1 Å². The standard InChI is InChI=1S/C18H19Cl2N5O/c1-10-13(9-16-22-17(24-26-16)18(21)6-3-7-18)11(2)25(23-10)15-5-4-12(19)8-14(15)20/h4-5,8H,3,6-7,9,21H2,1-2H3. The van der Waals surface area contributed by atoms with Gasteiger partial charge in [-0.15, -0.1) is 0 Å². The van der Waals surface area contributed by atoms with Gasteiger partial charge in [-0.2, -0.15) is 10.1 Å². The quantitative estimate of drug-likeness (QED) is 0.723. The van der Waals surface area contributed by atoms with E-state index in [0.29, 0.717) is 28.2 Å². The fraction of sp³-hybridized carbons (Fsp3) is 0.389. The van der Waals surface area contributed by atoms with Crippen LogP contribution in [0.25, 0.3) is 5.69 Å². The summed E-state index contributed by atoms with van der Waals surface area (Å²) in [6.07, 6.45) is 3.41. The summed E-state index contributed by atoms with van der Waals surface area (Å²) in [6.45, 7) is 3.95. The molecular weight excluding hydrogens is 373 g/mol. The molecule has 4 rings (SSSR count). The summed E-state index contributed by atoms with van der Waals surface area (Å²) in [5.41, 5.74) is 9.52. The van der Waals surface area contributed by atoms with E-state index in [0.717, 1.165) is 41.9 Å². The van der Waals surface area contributed by atoms with Crippen molar-refractivity contribution in [1.82, 2.24) is 19.9 Å². The van der Waals surface area contributed by atoms with Crippen LogP contribution in [0.4, 0.5) is 0 Å². The van der Waals surface area contributed by atoms with E-state index in [1.54, 1.807) is 12.1 Å². The van der Waals surface area contributed by atoms with Crippen LogP contribution in [0, 0.1) is 13.8 Å². The van der Waals surface area contributed by atoms with Crippen molar-refractivity contribution in [2.75, 3.05) is 0 Å². The topological polar surface area (TPSA) is 82.8 Å². The van der Waals surface area contributed by atoms with Gasteiger partial charge in [-0.3, -0.25) is 0 Å². The maximum atomic E-state index is 6.33. The lowest BCUT2D eigenvalue weighted by Gasteiger charge is -2.34. The van der Waals surface area contributed by atoms with E-state index in [9.17, 15) is 0 Å². The lowest BCUT2D eigenvalue weighted by Crippen LogP contribution is -2.44. The van der Waals surface area contributed by atoms with Gasteiger partial charge in [0.25, 0.3) is 0 Å². The predicted octanol–water partition coefficient (Wildman–Crippen LogP) is 4.11. The van der Waals surface area contributed by atoms with E-state index in [1.165, 1.54) is 0 Å². The van der Waals surface area contributed by atoms with E-state index in [4.69, 9.17) is 33.5 Å². The third-order valence-electron chi connectivity index (χ3n) is 5.07. The van der Waals surface area contributed by atoms with Crippen LogP contribution >= 0.6 is 23.2 Å². The Morgan fingerprint density at radius 2 is 2.04 bits per heavy atom. The summed E-state index contributed by atoms with van der Waals surface area (Å²) < 4.78 is 7.25. The molecule has 1 aliphatic rings. The number of nitrogens with two attached hydrogens (primary N) is 1. The zero-order valence-corrected chi connectivity index (χ0v) is 16.1. The first-order chi connectivity index (χ1) is 12.4. The molecule has 0 aliphatic heterocycles. The number of halogens is 2. The minimum absolute atomic E-state index is 0.424. The second kappa shape index (κ2) is 6.37. The minimum Gasteiger partial charge on any atom is -0.339 e. The molecule has 0 spiro atoms. The molecule has 2 heterocycles. The minimum atomic E-state index is -0.424. The van der Waals surface area contributed by atoms with Gasteiger partial charge in [-0.1, -0.05) is 28.4 Å². The highest BCUT2D eigenvalue weighted by atomic mass is 35.5. The molecule has 3 aromatic rings. The maximum absolute atomic E-state index is 6.33. The van der Waals surface area contributed by atoms with Crippen molar-refractivity contribution in [2.24, 2.45) is 5.73 Å². The molecular formula is C18H19Cl2N5O. The molecule has 8 heteroatoms. The van der Waals surface area contributed by atoms with Crippen molar-refractivity contribution < 1.29 is 4.52 Å². The molecule has 26 heavy (non-hydrogen) atoms. The molecule has 136 valence electrons. The highest BCUT2D eigenvalue weighted by molar-refractivity contribution is 6.35. The zero-order chi connectivity index (χ0) is 18.5. The molecule has 0 bridgehead atoms. The number of aromatic nitrogens is 4. The average molecular weight is 392 g/mol. The van der Waals surface area contributed by atoms with Crippen LogP contribution in [0.2, 0.25) is 10.0 Å². The Morgan fingerprint density at radius 3 is 2.69 bits per heavy atom. The molecule has 0 saturated heterocycles. The number of aryl methyl sites for hydroxylation is 1. The highest BCUT2D eigenvalue weighted by Crippen LogP contribution is 2.37. The van der Waals surface area contributed by atoms with Crippen molar-refractivity contribution in [3.05, 3.63) is 56.9 Å². The number of benzene rings is 1. The summed E-state index contributed by atoms with van der Waals surface area (Å²) in [6, 6.07) is 5.36. The van der Waals surface area contributed by atoms with Crippen LogP contribution < -0.4 is 5.73 Å². The van der Waals surface area contributed by atoms with Crippen LogP contribution in [0.15, 0.2) is 22.7 Å². The predicted molar refractivity (Wildman–Crippen MR) is 99.9 cm³/mol. The molecule has 6 nitrogen and oxygen atoms in total. The monoisotopic (exact) mass is 391 g/mol. The van der Waals surface area contributed by atoms with Gasteiger partial charge in [0.1, 0.15) is 0 Å². The van der Waals surface area contributed by atoms with Gasteiger partial charge >= 0.3 is 0 Å². The van der Waals surface area contributed by atoms with E-state index in [-0.39, 0.29) is 0 Å². The lowest BCUT2D eigenvalue weighted by molar-refractivity contribution is 0.229. The van der Waals surface area contributed by atoms with E-state index in [2.05, 4.69) is 15.2 Å². The Hall–Kier alpha value is -1.89. The highest BCUT2D eigenvalue weighted by Gasteiger charge is 2.39. The Kier molecular flexibility index (Phi) is 4.29. The smallest absolute Gasteiger partial charge is 0.231 e. The van der Waals surface area contributed by atoms with Crippen LogP contribution in [-0.4, -0.2) is 19.9 Å². The van der Waals surface area contributed by atoms with Gasteiger partial charge in [0.2, 0.25) is 5.89 Å². The van der Waals surface area contributed by atoms with Crippen LogP contribution in [0.3, 0.4) is 0 Å². The normalized spacial score (nSPS) is 15.9. The SMILES string of the molecule is Cc1nn(-c2ccc(Cl)cc2Cl)c(C)c1Cc1nc(C2(N)CCC2)no1. The fourth-order valence-corrected chi connectivity index (χ4v) is 3.77. The van der Waals surface area contributed by atoms with Crippen LogP contribution in [0.5, 0.6) is 0 Å². The first-order valence-corrected chi connectivity index (χ1v) is 9.25. The molecule has 2 N–H and O–H groups in total. The first-order valence-electron chi connectivity index (χ1n) is 8.50. The van der Waals surface area contributed by atoms with Crippen LogP contribution in [-0.2, 0) is 12.0 Å². The van der Waals surface area contributed by atoms with Crippen LogP contribution in [0.1, 0.15) is 47.9 Å². The van der Waals surface area contributed by atoms with E-state index < -0.39 is 5.54 Å². The zero-order valence-electron chi connectivity index (χ0n) is 14.6. The summed E-state index contributed by atoms with van der Waals surface area (Å²) in [7, 11) is 0. The number of hydrogen-bond acceptors (Lipinski definition) is 5. The maximum Gasteiger partial charge on any atom is 0.231 e. The average Bonchev–Trinajstić information content (AvgIpc) is 3.13. The van der Waals surface area contributed by atoms with Gasteiger partial charge in [-0.05, 0) is 51.3 Å². The van der Waals surface area contributed by atoms with Gasteiger partial charge in [0.05, 0.1) is 28.4 Å². The molecule has 1 fully saturated rings.